The van der Waals surface area contributed by atoms with Crippen LogP contribution < -0.4 is 9.47 Å². The Hall–Kier alpha value is -2.28. The van der Waals surface area contributed by atoms with Gasteiger partial charge < -0.3 is 24.4 Å². The molecular formula is C18H26N2O5. The number of amides is 1. The van der Waals surface area contributed by atoms with Gasteiger partial charge in [-0.05, 0) is 26.6 Å². The van der Waals surface area contributed by atoms with E-state index in [0.717, 1.165) is 18.5 Å². The molecule has 2 rings (SSSR count). The zero-order valence-corrected chi connectivity index (χ0v) is 15.0. The van der Waals surface area contributed by atoms with Crippen molar-refractivity contribution < 1.29 is 24.2 Å². The molecule has 1 aliphatic heterocycles. The van der Waals surface area contributed by atoms with Gasteiger partial charge in [0, 0.05) is 31.6 Å². The highest BCUT2D eigenvalue weighted by atomic mass is 16.5. The van der Waals surface area contributed by atoms with Gasteiger partial charge in [0.15, 0.2) is 11.5 Å². The molecule has 1 aromatic rings. The Labute approximate surface area is 148 Å². The molecule has 1 fully saturated rings. The molecule has 138 valence electrons. The van der Waals surface area contributed by atoms with Crippen LogP contribution in [0.1, 0.15) is 18.4 Å². The number of benzene rings is 1. The van der Waals surface area contributed by atoms with E-state index in [1.165, 1.54) is 0 Å². The van der Waals surface area contributed by atoms with Gasteiger partial charge in [-0.3, -0.25) is 9.59 Å². The van der Waals surface area contributed by atoms with Crippen molar-refractivity contribution in [1.29, 1.82) is 0 Å². The van der Waals surface area contributed by atoms with Crippen LogP contribution in [0.4, 0.5) is 0 Å². The Bertz CT molecular complexity index is 617. The smallest absolute Gasteiger partial charge is 0.308 e. The highest BCUT2D eigenvalue weighted by Crippen LogP contribution is 2.33. The predicted octanol–water partition coefficient (Wildman–Crippen LogP) is 1.46. The molecule has 1 atom stereocenters. The number of carboxylic acid groups (broad SMARTS) is 1. The maximum Gasteiger partial charge on any atom is 0.308 e. The summed E-state index contributed by atoms with van der Waals surface area (Å²) in [6.45, 7) is 2.00. The van der Waals surface area contributed by atoms with E-state index in [0.29, 0.717) is 24.7 Å². The van der Waals surface area contributed by atoms with E-state index in [4.69, 9.17) is 14.6 Å². The lowest BCUT2D eigenvalue weighted by atomic mass is 10.1. The van der Waals surface area contributed by atoms with Gasteiger partial charge in [-0.25, -0.2) is 0 Å². The number of carboxylic acids is 1. The molecule has 1 N–H and O–H groups in total. The van der Waals surface area contributed by atoms with E-state index in [1.807, 2.05) is 32.3 Å². The highest BCUT2D eigenvalue weighted by molar-refractivity contribution is 5.86. The van der Waals surface area contributed by atoms with Crippen molar-refractivity contribution >= 4 is 11.9 Å². The number of hydrogen-bond donors (Lipinski definition) is 1. The Morgan fingerprint density at radius 1 is 1.40 bits per heavy atom. The number of methoxy groups -OCH3 is 1. The van der Waals surface area contributed by atoms with Gasteiger partial charge >= 0.3 is 5.97 Å². The van der Waals surface area contributed by atoms with Crippen LogP contribution in [0, 0.1) is 5.92 Å². The van der Waals surface area contributed by atoms with Crippen LogP contribution in [-0.2, 0) is 16.1 Å². The first-order valence-corrected chi connectivity index (χ1v) is 8.36. The number of carbonyl (C=O) groups is 2. The second kappa shape index (κ2) is 8.71. The van der Waals surface area contributed by atoms with Gasteiger partial charge in [-0.2, -0.15) is 0 Å². The molecule has 1 heterocycles. The van der Waals surface area contributed by atoms with Crippen LogP contribution >= 0.6 is 0 Å². The fraction of sp³-hybridized carbons (Fsp3) is 0.556. The van der Waals surface area contributed by atoms with Crippen LogP contribution in [0.15, 0.2) is 18.2 Å². The Morgan fingerprint density at radius 3 is 2.76 bits per heavy atom. The number of nitrogens with zero attached hydrogens (tertiary/aromatic N) is 2. The van der Waals surface area contributed by atoms with Crippen molar-refractivity contribution in [1.82, 2.24) is 9.80 Å². The van der Waals surface area contributed by atoms with E-state index in [-0.39, 0.29) is 18.9 Å². The van der Waals surface area contributed by atoms with Crippen molar-refractivity contribution in [2.24, 2.45) is 5.92 Å². The van der Waals surface area contributed by atoms with Gasteiger partial charge in [0.05, 0.1) is 19.6 Å². The summed E-state index contributed by atoms with van der Waals surface area (Å²) in [5, 5.41) is 9.11. The first kappa shape index (κ1) is 19.1. The zero-order chi connectivity index (χ0) is 18.4. The van der Waals surface area contributed by atoms with Gasteiger partial charge in [-0.1, -0.05) is 12.1 Å². The molecule has 0 aliphatic carbocycles. The average molecular weight is 350 g/mol. The van der Waals surface area contributed by atoms with Crippen LogP contribution in [0.5, 0.6) is 11.5 Å². The molecule has 0 bridgehead atoms. The normalized spacial score (nSPS) is 17.2. The van der Waals surface area contributed by atoms with E-state index in [1.54, 1.807) is 12.0 Å². The Kier molecular flexibility index (Phi) is 6.64. The minimum absolute atomic E-state index is 0.0539. The van der Waals surface area contributed by atoms with Crippen LogP contribution in [0.2, 0.25) is 0 Å². The van der Waals surface area contributed by atoms with E-state index in [9.17, 15) is 9.59 Å². The molecule has 0 saturated carbocycles. The summed E-state index contributed by atoms with van der Waals surface area (Å²) in [4.78, 5) is 26.8. The molecule has 1 amide bonds. The second-order valence-electron chi connectivity index (χ2n) is 6.47. The SMILES string of the molecule is COc1cccc(CN2CC(C(=O)O)CC2=O)c1OCCCN(C)C. The number of carbonyl (C=O) groups excluding carboxylic acids is 1. The van der Waals surface area contributed by atoms with Crippen molar-refractivity contribution in [3.8, 4) is 11.5 Å². The number of ether oxygens (including phenoxy) is 2. The zero-order valence-electron chi connectivity index (χ0n) is 15.0. The minimum Gasteiger partial charge on any atom is -0.493 e. The summed E-state index contributed by atoms with van der Waals surface area (Å²) in [7, 11) is 5.59. The van der Waals surface area contributed by atoms with Crippen molar-refractivity contribution in [3.63, 3.8) is 0 Å². The second-order valence-corrected chi connectivity index (χ2v) is 6.47. The summed E-state index contributed by atoms with van der Waals surface area (Å²) in [6.07, 6.45) is 0.923. The van der Waals surface area contributed by atoms with Crippen molar-refractivity contribution in [2.45, 2.75) is 19.4 Å². The molecule has 1 aliphatic rings. The summed E-state index contributed by atoms with van der Waals surface area (Å²) in [5.74, 6) is -0.475. The highest BCUT2D eigenvalue weighted by Gasteiger charge is 2.34. The molecule has 0 aromatic heterocycles. The van der Waals surface area contributed by atoms with Gasteiger partial charge in [0.1, 0.15) is 0 Å². The van der Waals surface area contributed by atoms with Crippen LogP contribution in [-0.4, -0.2) is 67.7 Å². The summed E-state index contributed by atoms with van der Waals surface area (Å²) >= 11 is 0. The molecule has 1 unspecified atom stereocenters. The Morgan fingerprint density at radius 2 is 2.16 bits per heavy atom. The lowest BCUT2D eigenvalue weighted by Gasteiger charge is -2.20. The summed E-state index contributed by atoms with van der Waals surface area (Å²) in [5.41, 5.74) is 0.823. The lowest BCUT2D eigenvalue weighted by molar-refractivity contribution is -0.141. The predicted molar refractivity (Wildman–Crippen MR) is 92.8 cm³/mol. The molecule has 7 nitrogen and oxygen atoms in total. The summed E-state index contributed by atoms with van der Waals surface area (Å²) in [6, 6.07) is 5.54. The topological polar surface area (TPSA) is 79.3 Å². The number of para-hydroxylation sites is 1. The fourth-order valence-corrected chi connectivity index (χ4v) is 2.86. The molecule has 25 heavy (non-hydrogen) atoms. The number of rotatable bonds is 9. The van der Waals surface area contributed by atoms with Gasteiger partial charge in [0.2, 0.25) is 5.91 Å². The maximum absolute atomic E-state index is 12.1. The maximum atomic E-state index is 12.1. The number of aliphatic carboxylic acids is 1. The number of hydrogen-bond acceptors (Lipinski definition) is 5. The Balaban J connectivity index is 2.09. The standard InChI is InChI=1S/C18H26N2O5/c1-19(2)8-5-9-25-17-13(6-4-7-15(17)24-3)11-20-12-14(18(22)23)10-16(20)21/h4,6-7,14H,5,8-12H2,1-3H3,(H,22,23). The molecule has 0 radical (unpaired) electrons. The van der Waals surface area contributed by atoms with Crippen molar-refractivity contribution in [3.05, 3.63) is 23.8 Å². The van der Waals surface area contributed by atoms with Crippen LogP contribution in [0.25, 0.3) is 0 Å². The molecule has 1 aromatic carbocycles. The molecule has 1 saturated heterocycles. The van der Waals surface area contributed by atoms with Crippen LogP contribution in [0.3, 0.4) is 0 Å². The third kappa shape index (κ3) is 5.09. The largest absolute Gasteiger partial charge is 0.493 e. The fourth-order valence-electron chi connectivity index (χ4n) is 2.86. The van der Waals surface area contributed by atoms with Crippen molar-refractivity contribution in [2.75, 3.05) is 40.9 Å². The monoisotopic (exact) mass is 350 g/mol. The van der Waals surface area contributed by atoms with Gasteiger partial charge in [0.25, 0.3) is 0 Å². The first-order chi connectivity index (χ1) is 11.9. The third-order valence-electron chi connectivity index (χ3n) is 4.20. The average Bonchev–Trinajstić information content (AvgIpc) is 2.93. The quantitative estimate of drug-likeness (QED) is 0.679. The minimum atomic E-state index is -0.929. The molecular weight excluding hydrogens is 324 g/mol. The summed E-state index contributed by atoms with van der Waals surface area (Å²) < 4.78 is 11.3. The van der Waals surface area contributed by atoms with E-state index in [2.05, 4.69) is 4.90 Å². The van der Waals surface area contributed by atoms with E-state index >= 15 is 0 Å². The van der Waals surface area contributed by atoms with E-state index < -0.39 is 11.9 Å². The van der Waals surface area contributed by atoms with Gasteiger partial charge in [-0.15, -0.1) is 0 Å². The molecule has 7 heteroatoms. The number of likely N-dealkylation sites (tertiary alicyclic amines) is 1. The third-order valence-corrected chi connectivity index (χ3v) is 4.20. The first-order valence-electron chi connectivity index (χ1n) is 8.36. The molecule has 0 spiro atoms. The lowest BCUT2D eigenvalue weighted by Crippen LogP contribution is -2.26.